The molecule has 2 heterocycles. The highest BCUT2D eigenvalue weighted by atomic mass is 16.6. The Balaban J connectivity index is 1.47. The van der Waals surface area contributed by atoms with Crippen LogP contribution in [-0.2, 0) is 4.79 Å². The Labute approximate surface area is 148 Å². The number of hydrogen-bond donors (Lipinski definition) is 1. The quantitative estimate of drug-likeness (QED) is 0.638. The molecule has 0 saturated carbocycles. The van der Waals surface area contributed by atoms with Gasteiger partial charge in [0.2, 0.25) is 0 Å². The van der Waals surface area contributed by atoms with E-state index in [1.165, 1.54) is 4.90 Å². The third-order valence-corrected chi connectivity index (χ3v) is 5.43. The first-order valence-corrected chi connectivity index (χ1v) is 9.13. The van der Waals surface area contributed by atoms with Crippen molar-refractivity contribution in [1.29, 1.82) is 0 Å². The van der Waals surface area contributed by atoms with Gasteiger partial charge < -0.3 is 14.7 Å². The molecule has 1 aromatic carbocycles. The van der Waals surface area contributed by atoms with Crippen LogP contribution >= 0.6 is 0 Å². The van der Waals surface area contributed by atoms with Crippen molar-refractivity contribution in [1.82, 2.24) is 4.90 Å². The van der Waals surface area contributed by atoms with Crippen LogP contribution < -0.4 is 9.80 Å². The number of piperidine rings is 1. The lowest BCUT2D eigenvalue weighted by Gasteiger charge is -2.35. The van der Waals surface area contributed by atoms with Crippen LogP contribution in [0.1, 0.15) is 19.8 Å². The fourth-order valence-electron chi connectivity index (χ4n) is 3.63. The zero-order valence-electron chi connectivity index (χ0n) is 14.8. The Morgan fingerprint density at radius 1 is 1.16 bits per heavy atom. The second-order valence-electron chi connectivity index (χ2n) is 7.25. The van der Waals surface area contributed by atoms with Gasteiger partial charge in [-0.3, -0.25) is 14.9 Å². The number of rotatable bonds is 4. The largest absolute Gasteiger partial charge is 0.360 e. The van der Waals surface area contributed by atoms with Gasteiger partial charge in [0, 0.05) is 30.9 Å². The van der Waals surface area contributed by atoms with Gasteiger partial charge in [0.1, 0.15) is 0 Å². The maximum atomic E-state index is 12.5. The Morgan fingerprint density at radius 3 is 2.32 bits per heavy atom. The third-order valence-electron chi connectivity index (χ3n) is 5.43. The average molecular weight is 347 g/mol. The van der Waals surface area contributed by atoms with Crippen LogP contribution in [0, 0.1) is 16.0 Å². The molecule has 0 aromatic heterocycles. The molecule has 1 aromatic rings. The van der Waals surface area contributed by atoms with Gasteiger partial charge in [0.15, 0.2) is 6.54 Å². The zero-order valence-corrected chi connectivity index (χ0v) is 14.8. The van der Waals surface area contributed by atoms with Crippen molar-refractivity contribution in [3.63, 3.8) is 0 Å². The first kappa shape index (κ1) is 17.7. The summed E-state index contributed by atoms with van der Waals surface area (Å²) in [6, 6.07) is 6.72. The number of nitro groups is 1. The van der Waals surface area contributed by atoms with E-state index in [9.17, 15) is 14.9 Å². The molecule has 2 aliphatic heterocycles. The van der Waals surface area contributed by atoms with E-state index >= 15 is 0 Å². The van der Waals surface area contributed by atoms with E-state index in [0.29, 0.717) is 6.54 Å². The van der Waals surface area contributed by atoms with Crippen LogP contribution in [0.2, 0.25) is 0 Å². The van der Waals surface area contributed by atoms with E-state index < -0.39 is 0 Å². The summed E-state index contributed by atoms with van der Waals surface area (Å²) in [6.07, 6.45) is 2.24. The van der Waals surface area contributed by atoms with Crippen LogP contribution in [0.25, 0.3) is 0 Å². The number of nitrogens with zero attached hydrogens (tertiary/aromatic N) is 3. The molecule has 0 spiro atoms. The number of anilines is 1. The summed E-state index contributed by atoms with van der Waals surface area (Å²) >= 11 is 0. The van der Waals surface area contributed by atoms with E-state index in [1.807, 2.05) is 17.0 Å². The van der Waals surface area contributed by atoms with Gasteiger partial charge >= 0.3 is 0 Å². The molecule has 25 heavy (non-hydrogen) atoms. The zero-order chi connectivity index (χ0) is 17.8. The highest BCUT2D eigenvalue weighted by molar-refractivity contribution is 5.77. The Morgan fingerprint density at radius 2 is 1.76 bits per heavy atom. The van der Waals surface area contributed by atoms with Crippen LogP contribution in [0.5, 0.6) is 0 Å². The predicted octanol–water partition coefficient (Wildman–Crippen LogP) is 0.558. The molecule has 0 radical (unpaired) electrons. The van der Waals surface area contributed by atoms with Gasteiger partial charge in [-0.2, -0.15) is 0 Å². The van der Waals surface area contributed by atoms with Gasteiger partial charge in [-0.05, 0) is 30.9 Å². The van der Waals surface area contributed by atoms with E-state index in [4.69, 9.17) is 0 Å². The molecule has 136 valence electrons. The summed E-state index contributed by atoms with van der Waals surface area (Å²) in [4.78, 5) is 28.4. The summed E-state index contributed by atoms with van der Waals surface area (Å²) in [5, 5.41) is 10.7. The number of piperazine rings is 1. The maximum Gasteiger partial charge on any atom is 0.277 e. The Hall–Kier alpha value is -2.15. The van der Waals surface area contributed by atoms with E-state index in [1.54, 1.807) is 12.1 Å². The molecule has 1 amide bonds. The highest BCUT2D eigenvalue weighted by Gasteiger charge is 2.26. The fourth-order valence-corrected chi connectivity index (χ4v) is 3.63. The van der Waals surface area contributed by atoms with E-state index in [0.717, 1.165) is 63.7 Å². The minimum Gasteiger partial charge on any atom is -0.360 e. The SMILES string of the molecule is CC1CCN(C(=O)C[NH+]2CCN(c3ccc([N+](=O)[O-])cc3)CC2)CC1. The van der Waals surface area contributed by atoms with Crippen LogP contribution in [0.15, 0.2) is 24.3 Å². The Kier molecular flexibility index (Phi) is 5.53. The van der Waals surface area contributed by atoms with E-state index in [2.05, 4.69) is 11.8 Å². The first-order valence-electron chi connectivity index (χ1n) is 9.13. The summed E-state index contributed by atoms with van der Waals surface area (Å²) in [5.41, 5.74) is 1.13. The molecule has 2 fully saturated rings. The molecular weight excluding hydrogens is 320 g/mol. The van der Waals surface area contributed by atoms with Crippen molar-refractivity contribution in [2.75, 3.05) is 50.7 Å². The molecule has 1 N–H and O–H groups in total. The monoisotopic (exact) mass is 347 g/mol. The standard InChI is InChI=1S/C18H26N4O3/c1-15-6-8-21(9-7-15)18(23)14-19-10-12-20(13-11-19)16-2-4-17(5-3-16)22(24)25/h2-5,15H,6-14H2,1H3/p+1. The number of carbonyl (C=O) groups is 1. The minimum atomic E-state index is -0.376. The molecule has 0 aliphatic carbocycles. The summed E-state index contributed by atoms with van der Waals surface area (Å²) in [5.74, 6) is 1.02. The lowest BCUT2D eigenvalue weighted by Crippen LogP contribution is -3.16. The molecule has 2 saturated heterocycles. The summed E-state index contributed by atoms with van der Waals surface area (Å²) < 4.78 is 0. The topological polar surface area (TPSA) is 71.1 Å². The van der Waals surface area contributed by atoms with Gasteiger partial charge in [-0.1, -0.05) is 6.92 Å². The number of carbonyl (C=O) groups excluding carboxylic acids is 1. The number of hydrogen-bond acceptors (Lipinski definition) is 4. The highest BCUT2D eigenvalue weighted by Crippen LogP contribution is 2.19. The summed E-state index contributed by atoms with van der Waals surface area (Å²) in [6.45, 7) is 8.24. The van der Waals surface area contributed by atoms with Gasteiger partial charge in [-0.15, -0.1) is 0 Å². The van der Waals surface area contributed by atoms with Gasteiger partial charge in [0.25, 0.3) is 11.6 Å². The van der Waals surface area contributed by atoms with Crippen molar-refractivity contribution >= 4 is 17.3 Å². The predicted molar refractivity (Wildman–Crippen MR) is 95.9 cm³/mol. The molecule has 2 aliphatic rings. The van der Waals surface area contributed by atoms with Crippen LogP contribution in [0.4, 0.5) is 11.4 Å². The number of non-ortho nitro benzene ring substituents is 1. The normalized spacial score (nSPS) is 19.9. The summed E-state index contributed by atoms with van der Waals surface area (Å²) in [7, 11) is 0. The number of likely N-dealkylation sites (tertiary alicyclic amines) is 1. The Bertz CT molecular complexity index is 603. The molecule has 7 nitrogen and oxygen atoms in total. The lowest BCUT2D eigenvalue weighted by atomic mass is 9.99. The second-order valence-corrected chi connectivity index (χ2v) is 7.25. The minimum absolute atomic E-state index is 0.120. The van der Waals surface area contributed by atoms with Crippen LogP contribution in [-0.4, -0.2) is 61.5 Å². The van der Waals surface area contributed by atoms with Crippen LogP contribution in [0.3, 0.4) is 0 Å². The second kappa shape index (κ2) is 7.82. The molecule has 7 heteroatoms. The van der Waals surface area contributed by atoms with Crippen molar-refractivity contribution < 1.29 is 14.6 Å². The van der Waals surface area contributed by atoms with Gasteiger partial charge in [0.05, 0.1) is 31.1 Å². The average Bonchev–Trinajstić information content (AvgIpc) is 2.63. The van der Waals surface area contributed by atoms with Gasteiger partial charge in [-0.25, -0.2) is 0 Å². The molecule has 3 rings (SSSR count). The third kappa shape index (κ3) is 4.48. The van der Waals surface area contributed by atoms with Crippen molar-refractivity contribution in [2.24, 2.45) is 5.92 Å². The number of nitro benzene ring substituents is 1. The van der Waals surface area contributed by atoms with Crippen molar-refractivity contribution in [3.05, 3.63) is 34.4 Å². The van der Waals surface area contributed by atoms with Crippen molar-refractivity contribution in [3.8, 4) is 0 Å². The molecule has 0 bridgehead atoms. The molecular formula is C18H27N4O3+. The lowest BCUT2D eigenvalue weighted by molar-refractivity contribution is -0.892. The number of quaternary nitrogens is 1. The number of amides is 1. The number of nitrogens with one attached hydrogen (secondary N) is 1. The molecule has 0 atom stereocenters. The molecule has 0 unspecified atom stereocenters. The van der Waals surface area contributed by atoms with Crippen molar-refractivity contribution in [2.45, 2.75) is 19.8 Å². The smallest absolute Gasteiger partial charge is 0.277 e. The van der Waals surface area contributed by atoms with E-state index in [-0.39, 0.29) is 16.5 Å². The maximum absolute atomic E-state index is 12.5. The first-order chi connectivity index (χ1) is 12.0. The number of benzene rings is 1. The fraction of sp³-hybridized carbons (Fsp3) is 0.611.